The number of nitrogens with one attached hydrogen (secondary N) is 1. The van der Waals surface area contributed by atoms with Gasteiger partial charge in [-0.1, -0.05) is 6.07 Å². The maximum Gasteiger partial charge on any atom is 0.313 e. The molecule has 0 bridgehead atoms. The largest absolute Gasteiger partial charge is 0.497 e. The van der Waals surface area contributed by atoms with Crippen LogP contribution in [0.5, 0.6) is 5.75 Å². The van der Waals surface area contributed by atoms with Gasteiger partial charge in [-0.2, -0.15) is 0 Å². The number of amides is 2. The number of sulfone groups is 1. The van der Waals surface area contributed by atoms with Gasteiger partial charge in [-0.05, 0) is 25.5 Å². The number of hydrogen-bond donors (Lipinski definition) is 1. The van der Waals surface area contributed by atoms with Crippen LogP contribution >= 0.6 is 0 Å². The van der Waals surface area contributed by atoms with E-state index >= 15 is 0 Å². The van der Waals surface area contributed by atoms with Gasteiger partial charge in [-0.25, -0.2) is 8.42 Å². The maximum atomic E-state index is 12.3. The van der Waals surface area contributed by atoms with Crippen molar-refractivity contribution in [1.82, 2.24) is 4.90 Å². The molecule has 126 valence electrons. The predicted octanol–water partition coefficient (Wildman–Crippen LogP) is 0.669. The van der Waals surface area contributed by atoms with Gasteiger partial charge in [0.1, 0.15) is 5.75 Å². The van der Waals surface area contributed by atoms with E-state index in [-0.39, 0.29) is 18.1 Å². The third-order valence-electron chi connectivity index (χ3n) is 3.77. The lowest BCUT2D eigenvalue weighted by molar-refractivity contribution is -0.144. The minimum absolute atomic E-state index is 0.0545. The second kappa shape index (κ2) is 6.99. The molecule has 1 aromatic carbocycles. The smallest absolute Gasteiger partial charge is 0.313 e. The van der Waals surface area contributed by atoms with Crippen LogP contribution in [0.2, 0.25) is 0 Å². The summed E-state index contributed by atoms with van der Waals surface area (Å²) in [5, 5.41) is 2.52. The molecule has 0 radical (unpaired) electrons. The highest BCUT2D eigenvalue weighted by Gasteiger charge is 2.35. The van der Waals surface area contributed by atoms with E-state index in [1.807, 2.05) is 0 Å². The first-order valence-corrected chi connectivity index (χ1v) is 9.15. The van der Waals surface area contributed by atoms with Gasteiger partial charge >= 0.3 is 11.8 Å². The van der Waals surface area contributed by atoms with Crippen molar-refractivity contribution in [3.05, 3.63) is 24.3 Å². The molecule has 1 aromatic rings. The lowest BCUT2D eigenvalue weighted by atomic mass is 10.2. The predicted molar refractivity (Wildman–Crippen MR) is 86.1 cm³/mol. The zero-order valence-electron chi connectivity index (χ0n) is 13.1. The topological polar surface area (TPSA) is 92.8 Å². The van der Waals surface area contributed by atoms with Crippen molar-refractivity contribution in [3.63, 3.8) is 0 Å². The summed E-state index contributed by atoms with van der Waals surface area (Å²) < 4.78 is 28.2. The minimum atomic E-state index is -3.12. The molecule has 1 N–H and O–H groups in total. The van der Waals surface area contributed by atoms with E-state index in [4.69, 9.17) is 4.74 Å². The molecule has 2 rings (SSSR count). The highest BCUT2D eigenvalue weighted by molar-refractivity contribution is 7.91. The maximum absolute atomic E-state index is 12.3. The molecule has 1 aliphatic heterocycles. The van der Waals surface area contributed by atoms with Crippen LogP contribution in [0.1, 0.15) is 13.3 Å². The normalized spacial score (nSPS) is 19.1. The fourth-order valence-electron chi connectivity index (χ4n) is 2.60. The van der Waals surface area contributed by atoms with Crippen LogP contribution in [0.25, 0.3) is 0 Å². The SMILES string of the molecule is CCN(C(=O)C(=O)Nc1cccc(OC)c1)C1CCS(=O)(=O)C1. The van der Waals surface area contributed by atoms with Crippen molar-refractivity contribution in [3.8, 4) is 5.75 Å². The summed E-state index contributed by atoms with van der Waals surface area (Å²) in [7, 11) is -1.61. The summed E-state index contributed by atoms with van der Waals surface area (Å²) in [6.45, 7) is 2.01. The number of nitrogens with zero attached hydrogens (tertiary/aromatic N) is 1. The molecule has 2 amide bonds. The van der Waals surface area contributed by atoms with Crippen LogP contribution in [-0.4, -0.2) is 56.3 Å². The zero-order valence-corrected chi connectivity index (χ0v) is 13.9. The molecule has 0 aromatic heterocycles. The fourth-order valence-corrected chi connectivity index (χ4v) is 4.34. The Labute approximate surface area is 135 Å². The summed E-state index contributed by atoms with van der Waals surface area (Å²) in [4.78, 5) is 25.8. The Bertz CT molecular complexity index is 702. The van der Waals surface area contributed by atoms with E-state index in [9.17, 15) is 18.0 Å². The molecular formula is C15H20N2O5S. The van der Waals surface area contributed by atoms with E-state index in [2.05, 4.69) is 5.32 Å². The average Bonchev–Trinajstić information content (AvgIpc) is 2.88. The Kier molecular flexibility index (Phi) is 5.25. The minimum Gasteiger partial charge on any atom is -0.497 e. The Morgan fingerprint density at radius 1 is 1.39 bits per heavy atom. The molecule has 0 spiro atoms. The number of anilines is 1. The van der Waals surface area contributed by atoms with Crippen LogP contribution in [0.3, 0.4) is 0 Å². The molecule has 0 saturated carbocycles. The summed E-state index contributed by atoms with van der Waals surface area (Å²) in [5.41, 5.74) is 0.442. The third kappa shape index (κ3) is 4.22. The number of benzene rings is 1. The summed E-state index contributed by atoms with van der Waals surface area (Å²) >= 11 is 0. The van der Waals surface area contributed by atoms with Crippen LogP contribution in [0.4, 0.5) is 5.69 Å². The monoisotopic (exact) mass is 340 g/mol. The van der Waals surface area contributed by atoms with Gasteiger partial charge in [-0.3, -0.25) is 9.59 Å². The first kappa shape index (κ1) is 17.3. The number of methoxy groups -OCH3 is 1. The fraction of sp³-hybridized carbons (Fsp3) is 0.467. The Hall–Kier alpha value is -2.09. The molecule has 23 heavy (non-hydrogen) atoms. The van der Waals surface area contributed by atoms with Crippen LogP contribution in [0, 0.1) is 0 Å². The first-order valence-electron chi connectivity index (χ1n) is 7.32. The van der Waals surface area contributed by atoms with Crippen molar-refractivity contribution in [2.75, 3.05) is 30.5 Å². The van der Waals surface area contributed by atoms with Gasteiger partial charge in [0, 0.05) is 24.3 Å². The van der Waals surface area contributed by atoms with E-state index in [0.29, 0.717) is 17.9 Å². The summed E-state index contributed by atoms with van der Waals surface area (Å²) in [6.07, 6.45) is 0.369. The van der Waals surface area contributed by atoms with Crippen LogP contribution in [0.15, 0.2) is 24.3 Å². The molecule has 0 aliphatic carbocycles. The van der Waals surface area contributed by atoms with Crippen molar-refractivity contribution in [2.45, 2.75) is 19.4 Å². The number of hydrogen-bond acceptors (Lipinski definition) is 5. The van der Waals surface area contributed by atoms with Crippen LogP contribution in [-0.2, 0) is 19.4 Å². The molecule has 7 nitrogen and oxygen atoms in total. The van der Waals surface area contributed by atoms with Gasteiger partial charge in [0.25, 0.3) is 0 Å². The van der Waals surface area contributed by atoms with E-state index in [1.165, 1.54) is 12.0 Å². The van der Waals surface area contributed by atoms with E-state index in [0.717, 1.165) is 0 Å². The number of carbonyl (C=O) groups excluding carboxylic acids is 2. The highest BCUT2D eigenvalue weighted by Crippen LogP contribution is 2.19. The molecule has 8 heteroatoms. The Balaban J connectivity index is 2.06. The Morgan fingerprint density at radius 2 is 2.13 bits per heavy atom. The summed E-state index contributed by atoms with van der Waals surface area (Å²) in [6, 6.07) is 6.22. The van der Waals surface area contributed by atoms with E-state index < -0.39 is 27.7 Å². The second-order valence-corrected chi connectivity index (χ2v) is 7.56. The van der Waals surface area contributed by atoms with Crippen molar-refractivity contribution in [1.29, 1.82) is 0 Å². The Morgan fingerprint density at radius 3 is 2.70 bits per heavy atom. The molecule has 1 aliphatic rings. The van der Waals surface area contributed by atoms with Gasteiger partial charge in [0.2, 0.25) is 0 Å². The van der Waals surface area contributed by atoms with Gasteiger partial charge < -0.3 is 15.0 Å². The van der Waals surface area contributed by atoms with E-state index in [1.54, 1.807) is 31.2 Å². The van der Waals surface area contributed by atoms with Crippen LogP contribution < -0.4 is 10.1 Å². The summed E-state index contributed by atoms with van der Waals surface area (Å²) in [5.74, 6) is -0.982. The molecule has 1 saturated heterocycles. The molecule has 1 atom stereocenters. The molecule has 1 fully saturated rings. The number of carbonyl (C=O) groups is 2. The van der Waals surface area contributed by atoms with Gasteiger partial charge in [0.15, 0.2) is 9.84 Å². The second-order valence-electron chi connectivity index (χ2n) is 5.33. The molecular weight excluding hydrogens is 320 g/mol. The number of rotatable bonds is 4. The quantitative estimate of drug-likeness (QED) is 0.813. The third-order valence-corrected chi connectivity index (χ3v) is 5.52. The van der Waals surface area contributed by atoms with Crippen molar-refractivity contribution < 1.29 is 22.7 Å². The zero-order chi connectivity index (χ0) is 17.0. The lowest BCUT2D eigenvalue weighted by Gasteiger charge is -2.26. The van der Waals surface area contributed by atoms with Crippen molar-refractivity contribution >= 4 is 27.3 Å². The molecule has 1 heterocycles. The average molecular weight is 340 g/mol. The number of ether oxygens (including phenoxy) is 1. The first-order chi connectivity index (χ1) is 10.9. The number of likely N-dealkylation sites (N-methyl/N-ethyl adjacent to an activating group) is 1. The standard InChI is InChI=1S/C15H20N2O5S/c1-3-17(12-7-8-23(20,21)10-12)15(19)14(18)16-11-5-4-6-13(9-11)22-2/h4-6,9,12H,3,7-8,10H2,1-2H3,(H,16,18). The van der Waals surface area contributed by atoms with Gasteiger partial charge in [0.05, 0.1) is 18.6 Å². The van der Waals surface area contributed by atoms with Gasteiger partial charge in [-0.15, -0.1) is 0 Å². The molecule has 1 unspecified atom stereocenters. The van der Waals surface area contributed by atoms with Crippen molar-refractivity contribution in [2.24, 2.45) is 0 Å². The highest BCUT2D eigenvalue weighted by atomic mass is 32.2. The lowest BCUT2D eigenvalue weighted by Crippen LogP contribution is -2.46.